The molecule has 0 saturated heterocycles. The second-order valence-electron chi connectivity index (χ2n) is 1.85. The lowest BCUT2D eigenvalue weighted by atomic mass is 10.3. The van der Waals surface area contributed by atoms with Crippen LogP contribution in [-0.2, 0) is 4.79 Å². The van der Waals surface area contributed by atoms with E-state index in [1.807, 2.05) is 0 Å². The normalized spacial score (nSPS) is 10.6. The van der Waals surface area contributed by atoms with E-state index >= 15 is 0 Å². The van der Waals surface area contributed by atoms with Crippen molar-refractivity contribution in [2.75, 3.05) is 0 Å². The van der Waals surface area contributed by atoms with Gasteiger partial charge >= 0.3 is 5.97 Å². The quantitative estimate of drug-likeness (QED) is 0.725. The second kappa shape index (κ2) is 3.55. The highest BCUT2D eigenvalue weighted by atomic mass is 35.5. The van der Waals surface area contributed by atoms with Crippen LogP contribution in [0.5, 0.6) is 0 Å². The van der Waals surface area contributed by atoms with Crippen molar-refractivity contribution >= 4 is 35.0 Å². The summed E-state index contributed by atoms with van der Waals surface area (Å²) in [4.78, 5) is 10.1. The maximum Gasteiger partial charge on any atom is 0.328 e. The average molecular weight is 189 g/mol. The Morgan fingerprint density at radius 3 is 2.82 bits per heavy atom. The number of hydrogen-bond acceptors (Lipinski definition) is 2. The van der Waals surface area contributed by atoms with Crippen molar-refractivity contribution in [1.29, 1.82) is 0 Å². The number of hydrogen-bond donors (Lipinski definition) is 1. The topological polar surface area (TPSA) is 37.3 Å². The summed E-state index contributed by atoms with van der Waals surface area (Å²) in [6.45, 7) is 0. The lowest BCUT2D eigenvalue weighted by Crippen LogP contribution is -1.84. The highest BCUT2D eigenvalue weighted by molar-refractivity contribution is 7.08. The Balaban J connectivity index is 2.79. The van der Waals surface area contributed by atoms with E-state index in [0.717, 1.165) is 11.6 Å². The van der Waals surface area contributed by atoms with Crippen molar-refractivity contribution in [3.8, 4) is 0 Å². The molecule has 0 aliphatic carbocycles. The van der Waals surface area contributed by atoms with Gasteiger partial charge in [0.2, 0.25) is 0 Å². The lowest BCUT2D eigenvalue weighted by molar-refractivity contribution is -0.131. The van der Waals surface area contributed by atoms with Gasteiger partial charge in [0.25, 0.3) is 0 Å². The molecular formula is C7H5ClO2S. The highest BCUT2D eigenvalue weighted by Crippen LogP contribution is 2.21. The fraction of sp³-hybridized carbons (Fsp3) is 0. The summed E-state index contributed by atoms with van der Waals surface area (Å²) in [7, 11) is 0. The molecule has 0 fully saturated rings. The monoisotopic (exact) mass is 188 g/mol. The molecule has 0 aliphatic rings. The average Bonchev–Trinajstić information content (AvgIpc) is 2.31. The molecule has 0 radical (unpaired) electrons. The molecule has 0 spiro atoms. The molecule has 0 saturated carbocycles. The first-order valence-electron chi connectivity index (χ1n) is 2.83. The fourth-order valence-corrected chi connectivity index (χ4v) is 1.58. The van der Waals surface area contributed by atoms with Crippen molar-refractivity contribution in [2.45, 2.75) is 0 Å². The van der Waals surface area contributed by atoms with Crippen LogP contribution >= 0.6 is 22.9 Å². The van der Waals surface area contributed by atoms with Gasteiger partial charge in [-0.3, -0.25) is 0 Å². The molecule has 0 unspecified atom stereocenters. The van der Waals surface area contributed by atoms with Gasteiger partial charge in [-0.15, -0.1) is 0 Å². The second-order valence-corrected chi connectivity index (χ2v) is 3.00. The maximum absolute atomic E-state index is 10.1. The van der Waals surface area contributed by atoms with Crippen molar-refractivity contribution < 1.29 is 9.90 Å². The minimum Gasteiger partial charge on any atom is -0.478 e. The van der Waals surface area contributed by atoms with Crippen LogP contribution < -0.4 is 0 Å². The number of thiophene rings is 1. The molecule has 0 atom stereocenters. The van der Waals surface area contributed by atoms with E-state index in [2.05, 4.69) is 0 Å². The van der Waals surface area contributed by atoms with Gasteiger partial charge in [-0.05, 0) is 11.5 Å². The van der Waals surface area contributed by atoms with Crippen molar-refractivity contribution in [3.63, 3.8) is 0 Å². The first-order valence-corrected chi connectivity index (χ1v) is 4.15. The molecule has 2 nitrogen and oxygen atoms in total. The SMILES string of the molecule is O=C(O)C=Cc1cscc1Cl. The summed E-state index contributed by atoms with van der Waals surface area (Å²) in [6, 6.07) is 0. The third-order valence-electron chi connectivity index (χ3n) is 1.05. The van der Waals surface area contributed by atoms with Gasteiger partial charge in [-0.2, -0.15) is 11.3 Å². The summed E-state index contributed by atoms with van der Waals surface area (Å²) in [5.41, 5.74) is 0.749. The van der Waals surface area contributed by atoms with E-state index in [4.69, 9.17) is 16.7 Å². The van der Waals surface area contributed by atoms with Crippen molar-refractivity contribution in [3.05, 3.63) is 27.4 Å². The Morgan fingerprint density at radius 1 is 1.64 bits per heavy atom. The van der Waals surface area contributed by atoms with Crippen LogP contribution in [0.25, 0.3) is 6.08 Å². The number of rotatable bonds is 2. The summed E-state index contributed by atoms with van der Waals surface area (Å²) < 4.78 is 0. The van der Waals surface area contributed by atoms with Gasteiger partial charge < -0.3 is 5.11 Å². The molecule has 1 N–H and O–H groups in total. The summed E-state index contributed by atoms with van der Waals surface area (Å²) in [5, 5.41) is 12.4. The molecule has 0 amide bonds. The molecule has 1 aromatic rings. The molecule has 0 aromatic carbocycles. The Labute approximate surface area is 72.7 Å². The first kappa shape index (κ1) is 8.30. The molecule has 11 heavy (non-hydrogen) atoms. The van der Waals surface area contributed by atoms with Gasteiger partial charge in [-0.25, -0.2) is 4.79 Å². The lowest BCUT2D eigenvalue weighted by Gasteiger charge is -1.84. The third-order valence-corrected chi connectivity index (χ3v) is 2.27. The number of aliphatic carboxylic acids is 1. The zero-order chi connectivity index (χ0) is 8.27. The van der Waals surface area contributed by atoms with Crippen molar-refractivity contribution in [2.24, 2.45) is 0 Å². The largest absolute Gasteiger partial charge is 0.478 e. The minimum atomic E-state index is -0.965. The van der Waals surface area contributed by atoms with Gasteiger partial charge in [0, 0.05) is 17.0 Å². The van der Waals surface area contributed by atoms with Crippen LogP contribution in [0.2, 0.25) is 5.02 Å². The molecule has 58 valence electrons. The number of carbonyl (C=O) groups is 1. The molecule has 0 bridgehead atoms. The molecular weight excluding hydrogens is 184 g/mol. The van der Waals surface area contributed by atoms with E-state index in [1.165, 1.54) is 17.4 Å². The van der Waals surface area contributed by atoms with Crippen LogP contribution in [-0.4, -0.2) is 11.1 Å². The van der Waals surface area contributed by atoms with E-state index in [-0.39, 0.29) is 0 Å². The fourth-order valence-electron chi connectivity index (χ4n) is 0.571. The summed E-state index contributed by atoms with van der Waals surface area (Å²) >= 11 is 7.13. The maximum atomic E-state index is 10.1. The van der Waals surface area contributed by atoms with Crippen LogP contribution in [0.1, 0.15) is 5.56 Å². The number of halogens is 1. The predicted molar refractivity (Wildman–Crippen MR) is 46.0 cm³/mol. The molecule has 0 aliphatic heterocycles. The zero-order valence-corrected chi connectivity index (χ0v) is 7.02. The highest BCUT2D eigenvalue weighted by Gasteiger charge is 1.96. The molecule has 4 heteroatoms. The minimum absolute atomic E-state index is 0.590. The Bertz CT molecular complexity index is 290. The number of carboxylic acids is 1. The van der Waals surface area contributed by atoms with Gasteiger partial charge in [-0.1, -0.05) is 11.6 Å². The van der Waals surface area contributed by atoms with Crippen LogP contribution in [0.3, 0.4) is 0 Å². The van der Waals surface area contributed by atoms with Crippen LogP contribution in [0.4, 0.5) is 0 Å². The Hall–Kier alpha value is -0.800. The van der Waals surface area contributed by atoms with E-state index in [1.54, 1.807) is 10.8 Å². The molecule has 1 rings (SSSR count). The Morgan fingerprint density at radius 2 is 2.36 bits per heavy atom. The smallest absolute Gasteiger partial charge is 0.328 e. The summed E-state index contributed by atoms with van der Waals surface area (Å²) in [5.74, 6) is -0.965. The van der Waals surface area contributed by atoms with E-state index in [0.29, 0.717) is 5.02 Å². The van der Waals surface area contributed by atoms with Crippen LogP contribution in [0.15, 0.2) is 16.8 Å². The zero-order valence-electron chi connectivity index (χ0n) is 5.45. The van der Waals surface area contributed by atoms with Crippen LogP contribution in [0, 0.1) is 0 Å². The van der Waals surface area contributed by atoms with Crippen molar-refractivity contribution in [1.82, 2.24) is 0 Å². The predicted octanol–water partition coefficient (Wildman–Crippen LogP) is 2.50. The molecule has 1 heterocycles. The molecule has 1 aromatic heterocycles. The van der Waals surface area contributed by atoms with Gasteiger partial charge in [0.05, 0.1) is 5.02 Å². The Kier molecular flexibility index (Phi) is 2.68. The first-order chi connectivity index (χ1) is 5.20. The summed E-state index contributed by atoms with van der Waals surface area (Å²) in [6.07, 6.45) is 2.54. The standard InChI is InChI=1S/C7H5ClO2S/c8-6-4-11-3-5(6)1-2-7(9)10/h1-4H,(H,9,10). The van der Waals surface area contributed by atoms with E-state index in [9.17, 15) is 4.79 Å². The third kappa shape index (κ3) is 2.37. The van der Waals surface area contributed by atoms with Gasteiger partial charge in [0.1, 0.15) is 0 Å². The van der Waals surface area contributed by atoms with E-state index < -0.39 is 5.97 Å². The number of carboxylic acid groups (broad SMARTS) is 1. The van der Waals surface area contributed by atoms with Gasteiger partial charge in [0.15, 0.2) is 0 Å².